The van der Waals surface area contributed by atoms with E-state index in [1.165, 1.54) is 16.4 Å². The smallest absolute Gasteiger partial charge is 0.264 e. The second-order valence-corrected chi connectivity index (χ2v) is 8.74. The van der Waals surface area contributed by atoms with Gasteiger partial charge in [-0.2, -0.15) is 0 Å². The minimum atomic E-state index is -3.83. The van der Waals surface area contributed by atoms with Gasteiger partial charge in [0.05, 0.1) is 10.6 Å². The second-order valence-electron chi connectivity index (χ2n) is 6.88. The van der Waals surface area contributed by atoms with E-state index in [0.29, 0.717) is 5.69 Å². The summed E-state index contributed by atoms with van der Waals surface area (Å²) in [6.07, 6.45) is -0.0127. The van der Waals surface area contributed by atoms with Crippen LogP contribution in [0.15, 0.2) is 83.8 Å². The van der Waals surface area contributed by atoms with Crippen LogP contribution in [0.25, 0.3) is 0 Å². The van der Waals surface area contributed by atoms with E-state index in [4.69, 9.17) is 0 Å². The Morgan fingerprint density at radius 1 is 0.933 bits per heavy atom. The largest absolute Gasteiger partial charge is 0.352 e. The summed E-state index contributed by atoms with van der Waals surface area (Å²) in [7, 11) is -3.83. The van der Waals surface area contributed by atoms with Crippen molar-refractivity contribution in [3.63, 3.8) is 0 Å². The third kappa shape index (κ3) is 5.45. The molecule has 0 radical (unpaired) electrons. The lowest BCUT2D eigenvalue weighted by Gasteiger charge is -2.24. The first-order chi connectivity index (χ1) is 14.4. The molecule has 0 unspecified atom stereocenters. The number of amides is 1. The number of hydrogen-bond donors (Lipinski definition) is 1. The number of aryl methyl sites for hydroxylation is 1. The van der Waals surface area contributed by atoms with Gasteiger partial charge in [0, 0.05) is 19.5 Å². The quantitative estimate of drug-likeness (QED) is 0.591. The zero-order chi connectivity index (χ0) is 21.6. The monoisotopic (exact) mass is 426 g/mol. The van der Waals surface area contributed by atoms with Crippen LogP contribution in [0.1, 0.15) is 17.5 Å². The molecule has 30 heavy (non-hydrogen) atoms. The van der Waals surface area contributed by atoms with Crippen molar-refractivity contribution in [3.05, 3.63) is 95.8 Å². The SMILES string of the molecule is Cc1ccc(S(=O)(=O)N(CCC(=O)NCc2ccc(F)cc2)c2ccccc2)cc1. The van der Waals surface area contributed by atoms with Crippen LogP contribution in [0.3, 0.4) is 0 Å². The van der Waals surface area contributed by atoms with Gasteiger partial charge < -0.3 is 5.32 Å². The van der Waals surface area contributed by atoms with Crippen LogP contribution in [0.2, 0.25) is 0 Å². The fourth-order valence-electron chi connectivity index (χ4n) is 2.91. The van der Waals surface area contributed by atoms with Gasteiger partial charge in [-0.3, -0.25) is 9.10 Å². The van der Waals surface area contributed by atoms with Gasteiger partial charge in [-0.15, -0.1) is 0 Å². The van der Waals surface area contributed by atoms with Crippen molar-refractivity contribution in [2.45, 2.75) is 24.8 Å². The summed E-state index contributed by atoms with van der Waals surface area (Å²) >= 11 is 0. The molecule has 0 bridgehead atoms. The number of halogens is 1. The van der Waals surface area contributed by atoms with Gasteiger partial charge >= 0.3 is 0 Å². The van der Waals surface area contributed by atoms with Crippen LogP contribution < -0.4 is 9.62 Å². The van der Waals surface area contributed by atoms with Gasteiger partial charge in [-0.1, -0.05) is 48.0 Å². The predicted octanol–water partition coefficient (Wildman–Crippen LogP) is 4.04. The summed E-state index contributed by atoms with van der Waals surface area (Å²) in [6.45, 7) is 2.13. The molecule has 5 nitrogen and oxygen atoms in total. The Balaban J connectivity index is 1.72. The third-order valence-electron chi connectivity index (χ3n) is 4.60. The Morgan fingerprint density at radius 2 is 1.57 bits per heavy atom. The average molecular weight is 427 g/mol. The number of benzene rings is 3. The molecule has 0 saturated carbocycles. The van der Waals surface area contributed by atoms with Crippen molar-refractivity contribution in [2.24, 2.45) is 0 Å². The topological polar surface area (TPSA) is 66.5 Å². The highest BCUT2D eigenvalue weighted by Crippen LogP contribution is 2.24. The van der Waals surface area contributed by atoms with Gasteiger partial charge in [-0.05, 0) is 48.9 Å². The van der Waals surface area contributed by atoms with Crippen molar-refractivity contribution < 1.29 is 17.6 Å². The highest BCUT2D eigenvalue weighted by Gasteiger charge is 2.25. The van der Waals surface area contributed by atoms with Crippen LogP contribution in [0, 0.1) is 12.7 Å². The Bertz CT molecular complexity index is 1080. The molecule has 3 rings (SSSR count). The Kier molecular flexibility index (Phi) is 6.84. The fraction of sp³-hybridized carbons (Fsp3) is 0.174. The number of nitrogens with one attached hydrogen (secondary N) is 1. The molecular formula is C23H23FN2O3S. The highest BCUT2D eigenvalue weighted by molar-refractivity contribution is 7.92. The van der Waals surface area contributed by atoms with Crippen LogP contribution in [-0.4, -0.2) is 20.9 Å². The molecule has 0 aliphatic heterocycles. The van der Waals surface area contributed by atoms with Crippen molar-refractivity contribution in [2.75, 3.05) is 10.8 Å². The summed E-state index contributed by atoms with van der Waals surface area (Å²) in [6, 6.07) is 21.1. The second kappa shape index (κ2) is 9.54. The van der Waals surface area contributed by atoms with E-state index in [1.807, 2.05) is 6.92 Å². The van der Waals surface area contributed by atoms with Crippen LogP contribution in [0.5, 0.6) is 0 Å². The maximum absolute atomic E-state index is 13.2. The Labute approximate surface area is 176 Å². The zero-order valence-corrected chi connectivity index (χ0v) is 17.4. The molecule has 1 N–H and O–H groups in total. The number of nitrogens with zero attached hydrogens (tertiary/aromatic N) is 1. The van der Waals surface area contributed by atoms with E-state index in [-0.39, 0.29) is 36.1 Å². The van der Waals surface area contributed by atoms with Crippen molar-refractivity contribution in [1.29, 1.82) is 0 Å². The van der Waals surface area contributed by atoms with Gasteiger partial charge in [0.1, 0.15) is 5.82 Å². The first-order valence-corrected chi connectivity index (χ1v) is 11.0. The van der Waals surface area contributed by atoms with Gasteiger partial charge in [-0.25, -0.2) is 12.8 Å². The molecule has 0 atom stereocenters. The van der Waals surface area contributed by atoms with Crippen LogP contribution in [-0.2, 0) is 21.4 Å². The first-order valence-electron chi connectivity index (χ1n) is 9.52. The summed E-state index contributed by atoms with van der Waals surface area (Å²) in [5.41, 5.74) is 2.21. The summed E-state index contributed by atoms with van der Waals surface area (Å²) in [5.74, 6) is -0.635. The predicted molar refractivity (Wildman–Crippen MR) is 115 cm³/mol. The molecule has 0 aliphatic rings. The third-order valence-corrected chi connectivity index (χ3v) is 6.44. The number of sulfonamides is 1. The van der Waals surface area contributed by atoms with E-state index < -0.39 is 10.0 Å². The molecule has 0 spiro atoms. The first kappa shape index (κ1) is 21.5. The maximum atomic E-state index is 13.2. The van der Waals surface area contributed by atoms with Crippen molar-refractivity contribution in [3.8, 4) is 0 Å². The molecular weight excluding hydrogens is 403 g/mol. The standard InChI is InChI=1S/C23H23FN2O3S/c1-18-7-13-22(14-8-18)30(28,29)26(21-5-3-2-4-6-21)16-15-23(27)25-17-19-9-11-20(24)12-10-19/h2-14H,15-17H2,1H3,(H,25,27). The minimum absolute atomic E-state index is 0.00449. The minimum Gasteiger partial charge on any atom is -0.352 e. The number of anilines is 1. The van der Waals surface area contributed by atoms with Gasteiger partial charge in [0.15, 0.2) is 0 Å². The van der Waals surface area contributed by atoms with Crippen molar-refractivity contribution >= 4 is 21.6 Å². The van der Waals surface area contributed by atoms with E-state index in [9.17, 15) is 17.6 Å². The van der Waals surface area contributed by atoms with E-state index >= 15 is 0 Å². The number of hydrogen-bond acceptors (Lipinski definition) is 3. The van der Waals surface area contributed by atoms with Crippen molar-refractivity contribution in [1.82, 2.24) is 5.32 Å². The molecule has 3 aromatic rings. The molecule has 0 aromatic heterocycles. The molecule has 1 amide bonds. The molecule has 3 aromatic carbocycles. The zero-order valence-electron chi connectivity index (χ0n) is 16.6. The molecule has 7 heteroatoms. The number of carbonyl (C=O) groups is 1. The average Bonchev–Trinajstić information content (AvgIpc) is 2.74. The number of para-hydroxylation sites is 1. The van der Waals surface area contributed by atoms with Gasteiger partial charge in [0.25, 0.3) is 10.0 Å². The van der Waals surface area contributed by atoms with E-state index in [1.54, 1.807) is 66.7 Å². The lowest BCUT2D eigenvalue weighted by molar-refractivity contribution is -0.121. The lowest BCUT2D eigenvalue weighted by Crippen LogP contribution is -2.35. The normalized spacial score (nSPS) is 11.1. The molecule has 0 saturated heterocycles. The lowest BCUT2D eigenvalue weighted by atomic mass is 10.2. The molecule has 0 heterocycles. The highest BCUT2D eigenvalue weighted by atomic mass is 32.2. The summed E-state index contributed by atoms with van der Waals surface area (Å²) in [5, 5.41) is 2.74. The van der Waals surface area contributed by atoms with Crippen LogP contribution >= 0.6 is 0 Å². The summed E-state index contributed by atoms with van der Waals surface area (Å²) < 4.78 is 40.7. The molecule has 0 aliphatic carbocycles. The van der Waals surface area contributed by atoms with E-state index in [0.717, 1.165) is 11.1 Å². The number of carbonyl (C=O) groups excluding carboxylic acids is 1. The molecule has 0 fully saturated rings. The van der Waals surface area contributed by atoms with E-state index in [2.05, 4.69) is 5.32 Å². The Hall–Kier alpha value is -3.19. The Morgan fingerprint density at radius 3 is 2.20 bits per heavy atom. The van der Waals surface area contributed by atoms with Crippen LogP contribution in [0.4, 0.5) is 10.1 Å². The fourth-order valence-corrected chi connectivity index (χ4v) is 4.38. The summed E-state index contributed by atoms with van der Waals surface area (Å²) in [4.78, 5) is 12.5. The van der Waals surface area contributed by atoms with Gasteiger partial charge in [0.2, 0.25) is 5.91 Å². The number of rotatable bonds is 8. The molecule has 156 valence electrons. The maximum Gasteiger partial charge on any atom is 0.264 e.